The molecule has 1 aromatic heterocycles. The van der Waals surface area contributed by atoms with Gasteiger partial charge in [-0.3, -0.25) is 9.59 Å². The molecule has 25 heavy (non-hydrogen) atoms. The molecule has 138 valence electrons. The van der Waals surface area contributed by atoms with Gasteiger partial charge < -0.3 is 9.80 Å². The van der Waals surface area contributed by atoms with Gasteiger partial charge in [-0.15, -0.1) is 23.1 Å². The molecule has 0 aromatic carbocycles. The number of piperidine rings is 2. The summed E-state index contributed by atoms with van der Waals surface area (Å²) in [5.41, 5.74) is 0. The van der Waals surface area contributed by atoms with Gasteiger partial charge in [0.05, 0.1) is 5.75 Å². The molecule has 3 rings (SSSR count). The van der Waals surface area contributed by atoms with Crippen LogP contribution >= 0.6 is 23.1 Å². The summed E-state index contributed by atoms with van der Waals surface area (Å²) >= 11 is 3.48. The van der Waals surface area contributed by atoms with Gasteiger partial charge in [0, 0.05) is 37.0 Å². The van der Waals surface area contributed by atoms with Crippen molar-refractivity contribution < 1.29 is 9.59 Å². The Morgan fingerprint density at radius 3 is 2.96 bits per heavy atom. The van der Waals surface area contributed by atoms with Crippen molar-refractivity contribution in [3.63, 3.8) is 0 Å². The summed E-state index contributed by atoms with van der Waals surface area (Å²) in [5.74, 6) is 1.59. The van der Waals surface area contributed by atoms with Crippen LogP contribution in [0.1, 0.15) is 38.0 Å². The van der Waals surface area contributed by atoms with Crippen molar-refractivity contribution in [1.82, 2.24) is 9.80 Å². The number of hydrogen-bond acceptors (Lipinski definition) is 4. The molecular weight excluding hydrogens is 352 g/mol. The van der Waals surface area contributed by atoms with Gasteiger partial charge in [-0.25, -0.2) is 0 Å². The van der Waals surface area contributed by atoms with Crippen LogP contribution in [0, 0.1) is 5.92 Å². The van der Waals surface area contributed by atoms with Gasteiger partial charge >= 0.3 is 0 Å². The maximum absolute atomic E-state index is 12.4. The van der Waals surface area contributed by atoms with E-state index in [1.54, 1.807) is 23.1 Å². The minimum absolute atomic E-state index is 0.263. The summed E-state index contributed by atoms with van der Waals surface area (Å²) in [6, 6.07) is 4.53. The van der Waals surface area contributed by atoms with Crippen LogP contribution in [-0.4, -0.2) is 58.3 Å². The van der Waals surface area contributed by atoms with E-state index in [2.05, 4.69) is 36.3 Å². The van der Waals surface area contributed by atoms with Crippen LogP contribution in [0.4, 0.5) is 0 Å². The lowest BCUT2D eigenvalue weighted by atomic mass is 9.83. The molecule has 1 aromatic rings. The predicted octanol–water partition coefficient (Wildman–Crippen LogP) is 3.27. The second kappa shape index (κ2) is 8.58. The number of nitrogens with zero attached hydrogens (tertiary/aromatic N) is 2. The lowest BCUT2D eigenvalue weighted by molar-refractivity contribution is -0.143. The zero-order valence-electron chi connectivity index (χ0n) is 15.1. The SMILES string of the molecule is CC(C)SCC(=O)N1CC[C@@H]2[C@@H](CCC(=O)N2CCc2cccs2)C1. The van der Waals surface area contributed by atoms with Crippen LogP contribution in [0.5, 0.6) is 0 Å². The summed E-state index contributed by atoms with van der Waals surface area (Å²) in [4.78, 5) is 30.4. The number of thiophene rings is 1. The number of carbonyl (C=O) groups is 2. The average Bonchev–Trinajstić information content (AvgIpc) is 3.12. The van der Waals surface area contributed by atoms with E-state index in [1.807, 2.05) is 4.90 Å². The Morgan fingerprint density at radius 2 is 2.24 bits per heavy atom. The first-order valence-corrected chi connectivity index (χ1v) is 11.2. The van der Waals surface area contributed by atoms with Crippen molar-refractivity contribution >= 4 is 34.9 Å². The monoisotopic (exact) mass is 380 g/mol. The maximum Gasteiger partial charge on any atom is 0.232 e. The van der Waals surface area contributed by atoms with E-state index in [9.17, 15) is 9.59 Å². The normalized spacial score (nSPS) is 23.9. The van der Waals surface area contributed by atoms with Crippen molar-refractivity contribution in [2.24, 2.45) is 5.92 Å². The maximum atomic E-state index is 12.4. The molecule has 0 unspecified atom stereocenters. The fourth-order valence-corrected chi connectivity index (χ4v) is 5.24. The third-order valence-electron chi connectivity index (χ3n) is 5.22. The smallest absolute Gasteiger partial charge is 0.232 e. The largest absolute Gasteiger partial charge is 0.342 e. The molecule has 0 spiro atoms. The Morgan fingerprint density at radius 1 is 1.40 bits per heavy atom. The van der Waals surface area contributed by atoms with E-state index in [0.29, 0.717) is 35.3 Å². The van der Waals surface area contributed by atoms with Gasteiger partial charge in [-0.1, -0.05) is 19.9 Å². The van der Waals surface area contributed by atoms with Crippen LogP contribution in [-0.2, 0) is 16.0 Å². The van der Waals surface area contributed by atoms with Crippen LogP contribution in [0.25, 0.3) is 0 Å². The molecule has 3 heterocycles. The highest BCUT2D eigenvalue weighted by molar-refractivity contribution is 8.00. The molecule has 2 saturated heterocycles. The quantitative estimate of drug-likeness (QED) is 0.760. The fraction of sp³-hybridized carbons (Fsp3) is 0.684. The highest BCUT2D eigenvalue weighted by Crippen LogP contribution is 2.32. The summed E-state index contributed by atoms with van der Waals surface area (Å²) < 4.78 is 0. The highest BCUT2D eigenvalue weighted by Gasteiger charge is 2.39. The highest BCUT2D eigenvalue weighted by atomic mass is 32.2. The molecule has 2 amide bonds. The van der Waals surface area contributed by atoms with Crippen LogP contribution < -0.4 is 0 Å². The Balaban J connectivity index is 1.56. The number of hydrogen-bond donors (Lipinski definition) is 0. The van der Waals surface area contributed by atoms with Crippen molar-refractivity contribution in [2.75, 3.05) is 25.4 Å². The summed E-state index contributed by atoms with van der Waals surface area (Å²) in [7, 11) is 0. The molecule has 0 bridgehead atoms. The van der Waals surface area contributed by atoms with E-state index >= 15 is 0 Å². The molecule has 0 radical (unpaired) electrons. The number of amides is 2. The van der Waals surface area contributed by atoms with E-state index in [4.69, 9.17) is 0 Å². The van der Waals surface area contributed by atoms with Crippen molar-refractivity contribution in [3.8, 4) is 0 Å². The minimum atomic E-state index is 0.263. The third kappa shape index (κ3) is 4.79. The standard InChI is InChI=1S/C19H28N2O2S2/c1-14(2)25-13-19(23)20-9-8-17-15(12-20)5-6-18(22)21(17)10-7-16-4-3-11-24-16/h3-4,11,14-15,17H,5-10,12-13H2,1-2H3/t15-,17+/m0/s1. The number of fused-ring (bicyclic) bond motifs is 1. The zero-order valence-corrected chi connectivity index (χ0v) is 16.8. The lowest BCUT2D eigenvalue weighted by Gasteiger charge is -2.47. The second-order valence-electron chi connectivity index (χ2n) is 7.27. The zero-order chi connectivity index (χ0) is 17.8. The van der Waals surface area contributed by atoms with Crippen molar-refractivity contribution in [1.29, 1.82) is 0 Å². The van der Waals surface area contributed by atoms with E-state index in [0.717, 1.165) is 38.9 Å². The molecule has 2 fully saturated rings. The Kier molecular flexibility index (Phi) is 6.44. The third-order valence-corrected chi connectivity index (χ3v) is 7.23. The molecule has 2 atom stereocenters. The number of thioether (sulfide) groups is 1. The molecule has 4 nitrogen and oxygen atoms in total. The van der Waals surface area contributed by atoms with Gasteiger partial charge in [0.1, 0.15) is 0 Å². The fourth-order valence-electron chi connectivity index (χ4n) is 3.88. The van der Waals surface area contributed by atoms with Gasteiger partial charge in [0.25, 0.3) is 0 Å². The molecule has 0 saturated carbocycles. The van der Waals surface area contributed by atoms with Crippen molar-refractivity contribution in [2.45, 2.75) is 50.8 Å². The molecule has 2 aliphatic heterocycles. The van der Waals surface area contributed by atoms with Crippen LogP contribution in [0.15, 0.2) is 17.5 Å². The molecule has 2 aliphatic rings. The number of rotatable bonds is 6. The van der Waals surface area contributed by atoms with Crippen LogP contribution in [0.3, 0.4) is 0 Å². The summed E-state index contributed by atoms with van der Waals surface area (Å²) in [6.07, 6.45) is 3.44. The average molecular weight is 381 g/mol. The summed E-state index contributed by atoms with van der Waals surface area (Å²) in [6.45, 7) is 6.69. The number of likely N-dealkylation sites (tertiary alicyclic amines) is 2. The molecule has 6 heteroatoms. The topological polar surface area (TPSA) is 40.6 Å². The van der Waals surface area contributed by atoms with E-state index < -0.39 is 0 Å². The molecular formula is C19H28N2O2S2. The van der Waals surface area contributed by atoms with Gasteiger partial charge in [0.15, 0.2) is 0 Å². The predicted molar refractivity (Wildman–Crippen MR) is 105 cm³/mol. The first-order valence-electron chi connectivity index (χ1n) is 9.26. The van der Waals surface area contributed by atoms with E-state index in [1.165, 1.54) is 4.88 Å². The molecule has 0 aliphatic carbocycles. The lowest BCUT2D eigenvalue weighted by Crippen LogP contribution is -2.57. The van der Waals surface area contributed by atoms with E-state index in [-0.39, 0.29) is 5.91 Å². The number of carbonyl (C=O) groups excluding carboxylic acids is 2. The van der Waals surface area contributed by atoms with Gasteiger partial charge in [0.2, 0.25) is 11.8 Å². The Hall–Kier alpha value is -1.01. The first-order chi connectivity index (χ1) is 12.0. The minimum Gasteiger partial charge on any atom is -0.342 e. The summed E-state index contributed by atoms with van der Waals surface area (Å²) in [5, 5.41) is 2.58. The Labute approximate surface area is 159 Å². The van der Waals surface area contributed by atoms with Gasteiger partial charge in [-0.05, 0) is 41.9 Å². The van der Waals surface area contributed by atoms with Crippen LogP contribution in [0.2, 0.25) is 0 Å². The second-order valence-corrected chi connectivity index (χ2v) is 9.87. The first kappa shape index (κ1) is 18.8. The van der Waals surface area contributed by atoms with Crippen molar-refractivity contribution in [3.05, 3.63) is 22.4 Å². The molecule has 0 N–H and O–H groups in total. The van der Waals surface area contributed by atoms with Gasteiger partial charge in [-0.2, -0.15) is 0 Å². The Bertz CT molecular complexity index is 588.